The second kappa shape index (κ2) is 10.7. The lowest BCUT2D eigenvalue weighted by Crippen LogP contribution is -2.52. The molecule has 0 bridgehead atoms. The molecule has 0 spiro atoms. The van der Waals surface area contributed by atoms with E-state index in [-0.39, 0.29) is 29.3 Å². The Labute approximate surface area is 184 Å². The van der Waals surface area contributed by atoms with E-state index in [9.17, 15) is 14.9 Å². The highest BCUT2D eigenvalue weighted by atomic mass is 16.5. The molecule has 0 radical (unpaired) electrons. The predicted molar refractivity (Wildman–Crippen MR) is 119 cm³/mol. The van der Waals surface area contributed by atoms with E-state index in [1.165, 1.54) is 18.4 Å². The lowest BCUT2D eigenvalue weighted by atomic mass is 10.1. The number of nitrogens with zero attached hydrogens (tertiary/aromatic N) is 2. The van der Waals surface area contributed by atoms with E-state index in [4.69, 9.17) is 4.74 Å². The van der Waals surface area contributed by atoms with Crippen LogP contribution in [0.25, 0.3) is 0 Å². The Kier molecular flexibility index (Phi) is 7.80. The van der Waals surface area contributed by atoms with Crippen LogP contribution in [-0.4, -0.2) is 42.6 Å². The van der Waals surface area contributed by atoms with Crippen LogP contribution in [0.5, 0.6) is 0 Å². The van der Waals surface area contributed by atoms with E-state index in [0.717, 1.165) is 32.5 Å². The van der Waals surface area contributed by atoms with Crippen LogP contribution in [0.4, 0.5) is 5.69 Å². The van der Waals surface area contributed by atoms with Gasteiger partial charge in [0, 0.05) is 5.56 Å². The van der Waals surface area contributed by atoms with Gasteiger partial charge in [-0.2, -0.15) is 5.26 Å². The fourth-order valence-corrected chi connectivity index (χ4v) is 4.35. The molecule has 0 atom stereocenters. The first-order valence-electron chi connectivity index (χ1n) is 11.0. The van der Waals surface area contributed by atoms with E-state index in [1.807, 2.05) is 18.2 Å². The Bertz CT molecular complexity index is 942. The van der Waals surface area contributed by atoms with Crippen molar-refractivity contribution in [3.63, 3.8) is 0 Å². The predicted octanol–water partition coefficient (Wildman–Crippen LogP) is 4.26. The van der Waals surface area contributed by atoms with Crippen LogP contribution in [0.2, 0.25) is 0 Å². The van der Waals surface area contributed by atoms with Gasteiger partial charge in [0.1, 0.15) is 12.6 Å². The molecule has 1 aliphatic rings. The standard InChI is InChI=1S/C25H29N3O3/c1-2-31-25(30)22-14-10-13-21(17-26)24(22)27-23(29)19-28(15-8-3-4-9-16-28)18-20-11-6-5-7-12-20/h5-7,10-14H,2-4,8-9,15-16,18-19H2,1H3/p+1. The molecule has 0 saturated carbocycles. The van der Waals surface area contributed by atoms with Crippen molar-refractivity contribution < 1.29 is 18.8 Å². The van der Waals surface area contributed by atoms with Crippen molar-refractivity contribution in [3.05, 3.63) is 65.2 Å². The first-order valence-corrected chi connectivity index (χ1v) is 11.0. The van der Waals surface area contributed by atoms with Crippen LogP contribution in [0.1, 0.15) is 54.1 Å². The number of nitrogens with one attached hydrogen (secondary N) is 1. The first-order chi connectivity index (χ1) is 15.1. The molecule has 1 heterocycles. The summed E-state index contributed by atoms with van der Waals surface area (Å²) in [4.78, 5) is 25.6. The van der Waals surface area contributed by atoms with E-state index in [0.29, 0.717) is 11.0 Å². The molecule has 162 valence electrons. The van der Waals surface area contributed by atoms with Crippen LogP contribution in [0, 0.1) is 11.3 Å². The molecule has 1 N–H and O–H groups in total. The molecule has 0 unspecified atom stereocenters. The lowest BCUT2D eigenvalue weighted by molar-refractivity contribution is -0.932. The highest BCUT2D eigenvalue weighted by Gasteiger charge is 2.32. The van der Waals surface area contributed by atoms with E-state index < -0.39 is 5.97 Å². The van der Waals surface area contributed by atoms with Crippen molar-refractivity contribution in [1.82, 2.24) is 0 Å². The zero-order valence-electron chi connectivity index (χ0n) is 18.1. The summed E-state index contributed by atoms with van der Waals surface area (Å²) in [6.45, 7) is 4.91. The largest absolute Gasteiger partial charge is 0.462 e. The van der Waals surface area contributed by atoms with Crippen molar-refractivity contribution in [1.29, 1.82) is 5.26 Å². The number of carbonyl (C=O) groups is 2. The summed E-state index contributed by atoms with van der Waals surface area (Å²) in [5, 5.41) is 12.4. The average Bonchev–Trinajstić information content (AvgIpc) is 3.00. The summed E-state index contributed by atoms with van der Waals surface area (Å²) in [5.74, 6) is -0.732. The third kappa shape index (κ3) is 5.93. The van der Waals surface area contributed by atoms with Crippen LogP contribution >= 0.6 is 0 Å². The zero-order chi connectivity index (χ0) is 22.1. The van der Waals surface area contributed by atoms with Gasteiger partial charge in [0.25, 0.3) is 5.91 Å². The van der Waals surface area contributed by atoms with E-state index >= 15 is 0 Å². The van der Waals surface area contributed by atoms with Crippen LogP contribution in [0.15, 0.2) is 48.5 Å². The number of amides is 1. The van der Waals surface area contributed by atoms with Gasteiger partial charge in [0.15, 0.2) is 6.54 Å². The number of nitriles is 1. The van der Waals surface area contributed by atoms with Gasteiger partial charge in [-0.05, 0) is 44.7 Å². The molecule has 0 aromatic heterocycles. The summed E-state index contributed by atoms with van der Waals surface area (Å²) in [6.07, 6.45) is 4.54. The van der Waals surface area contributed by atoms with Gasteiger partial charge < -0.3 is 14.5 Å². The maximum absolute atomic E-state index is 13.2. The van der Waals surface area contributed by atoms with Gasteiger partial charge in [0.05, 0.1) is 36.5 Å². The van der Waals surface area contributed by atoms with E-state index in [2.05, 4.69) is 23.5 Å². The molecule has 3 rings (SSSR count). The fraction of sp³-hybridized carbons (Fsp3) is 0.400. The van der Waals surface area contributed by atoms with Crippen LogP contribution in [-0.2, 0) is 16.1 Å². The summed E-state index contributed by atoms with van der Waals surface area (Å²) in [7, 11) is 0. The van der Waals surface area contributed by atoms with Crippen molar-refractivity contribution in [2.45, 2.75) is 39.2 Å². The number of esters is 1. The number of carbonyl (C=O) groups excluding carboxylic acids is 2. The SMILES string of the molecule is CCOC(=O)c1cccc(C#N)c1NC(=O)C[N+]1(Cc2ccccc2)CCCCCC1. The topological polar surface area (TPSA) is 79.2 Å². The Morgan fingerprint density at radius 2 is 1.74 bits per heavy atom. The number of anilines is 1. The van der Waals surface area contributed by atoms with E-state index in [1.54, 1.807) is 25.1 Å². The molecule has 6 nitrogen and oxygen atoms in total. The fourth-order valence-electron chi connectivity index (χ4n) is 4.35. The maximum atomic E-state index is 13.2. The zero-order valence-corrected chi connectivity index (χ0v) is 18.1. The van der Waals surface area contributed by atoms with Gasteiger partial charge in [0.2, 0.25) is 0 Å². The Morgan fingerprint density at radius 1 is 1.03 bits per heavy atom. The molecule has 6 heteroatoms. The molecular weight excluding hydrogens is 390 g/mol. The number of para-hydroxylation sites is 1. The number of quaternary nitrogens is 1. The molecule has 1 amide bonds. The molecule has 2 aromatic rings. The average molecular weight is 421 g/mol. The Morgan fingerprint density at radius 3 is 2.39 bits per heavy atom. The third-order valence-electron chi connectivity index (χ3n) is 5.80. The third-order valence-corrected chi connectivity index (χ3v) is 5.80. The monoisotopic (exact) mass is 420 g/mol. The molecule has 1 aliphatic heterocycles. The Balaban J connectivity index is 1.84. The normalized spacial score (nSPS) is 15.4. The second-order valence-electron chi connectivity index (χ2n) is 8.11. The summed E-state index contributed by atoms with van der Waals surface area (Å²) < 4.78 is 5.79. The number of rotatable bonds is 7. The van der Waals surface area contributed by atoms with Crippen molar-refractivity contribution in [2.75, 3.05) is 31.6 Å². The maximum Gasteiger partial charge on any atom is 0.340 e. The molecule has 0 aliphatic carbocycles. The number of benzene rings is 2. The summed E-state index contributed by atoms with van der Waals surface area (Å²) >= 11 is 0. The number of hydrogen-bond acceptors (Lipinski definition) is 4. The molecule has 1 fully saturated rings. The highest BCUT2D eigenvalue weighted by molar-refractivity contribution is 6.03. The molecule has 2 aromatic carbocycles. The van der Waals surface area contributed by atoms with Gasteiger partial charge in [-0.15, -0.1) is 0 Å². The summed E-state index contributed by atoms with van der Waals surface area (Å²) in [6, 6.07) is 17.1. The number of hydrogen-bond donors (Lipinski definition) is 1. The minimum Gasteiger partial charge on any atom is -0.462 e. The second-order valence-corrected chi connectivity index (χ2v) is 8.11. The first kappa shape index (κ1) is 22.5. The van der Waals surface area contributed by atoms with Gasteiger partial charge in [-0.1, -0.05) is 36.4 Å². The summed E-state index contributed by atoms with van der Waals surface area (Å²) in [5.41, 5.74) is 1.91. The van der Waals surface area contributed by atoms with Crippen LogP contribution in [0.3, 0.4) is 0 Å². The molecular formula is C25H30N3O3+. The smallest absolute Gasteiger partial charge is 0.340 e. The van der Waals surface area contributed by atoms with Crippen molar-refractivity contribution in [2.24, 2.45) is 0 Å². The van der Waals surface area contributed by atoms with Gasteiger partial charge in [-0.25, -0.2) is 4.79 Å². The molecule has 31 heavy (non-hydrogen) atoms. The van der Waals surface area contributed by atoms with Crippen molar-refractivity contribution >= 4 is 17.6 Å². The quantitative estimate of drug-likeness (QED) is 0.536. The molecule has 1 saturated heterocycles. The number of ether oxygens (including phenoxy) is 1. The minimum atomic E-state index is -0.544. The number of likely N-dealkylation sites (tertiary alicyclic amines) is 1. The Hall–Kier alpha value is -3.17. The highest BCUT2D eigenvalue weighted by Crippen LogP contribution is 2.25. The van der Waals surface area contributed by atoms with Gasteiger partial charge in [-0.3, -0.25) is 4.79 Å². The minimum absolute atomic E-state index is 0.189. The van der Waals surface area contributed by atoms with Crippen LogP contribution < -0.4 is 5.32 Å². The lowest BCUT2D eigenvalue weighted by Gasteiger charge is -2.37. The van der Waals surface area contributed by atoms with Gasteiger partial charge >= 0.3 is 5.97 Å². The van der Waals surface area contributed by atoms with Crippen molar-refractivity contribution in [3.8, 4) is 6.07 Å².